The van der Waals surface area contributed by atoms with Gasteiger partial charge in [-0.2, -0.15) is 0 Å². The van der Waals surface area contributed by atoms with Gasteiger partial charge in [-0.25, -0.2) is 4.79 Å². The Hall–Kier alpha value is -3.99. The average Bonchev–Trinajstić information content (AvgIpc) is 2.76. The fraction of sp³-hybridized carbons (Fsp3) is 0.414. The van der Waals surface area contributed by atoms with Crippen LogP contribution in [0.4, 0.5) is 4.79 Å². The van der Waals surface area contributed by atoms with Gasteiger partial charge >= 0.3 is 6.09 Å². The van der Waals surface area contributed by atoms with Crippen molar-refractivity contribution in [3.8, 4) is 18.2 Å². The number of nitrogens with one attached hydrogen (secondary N) is 2. The average molecular weight is 508 g/mol. The molecule has 0 saturated heterocycles. The number of benzene rings is 2. The van der Waals surface area contributed by atoms with E-state index in [1.54, 1.807) is 45.0 Å². The predicted molar refractivity (Wildman–Crippen MR) is 142 cm³/mol. The number of rotatable bonds is 7. The van der Waals surface area contributed by atoms with E-state index in [1.165, 1.54) is 12.1 Å². The molecule has 2 aromatic carbocycles. The maximum atomic E-state index is 13.9. The van der Waals surface area contributed by atoms with Crippen LogP contribution in [0, 0.1) is 19.4 Å². The van der Waals surface area contributed by atoms with Crippen LogP contribution in [0.15, 0.2) is 48.5 Å². The Labute approximate surface area is 219 Å². The summed E-state index contributed by atoms with van der Waals surface area (Å²) in [4.78, 5) is 41.0. The minimum atomic E-state index is -1.15. The van der Waals surface area contributed by atoms with Crippen LogP contribution in [0.1, 0.15) is 64.3 Å². The van der Waals surface area contributed by atoms with Gasteiger partial charge in [-0.15, -0.1) is 0 Å². The third-order valence-corrected chi connectivity index (χ3v) is 5.14. The van der Waals surface area contributed by atoms with Crippen LogP contribution in [0.3, 0.4) is 0 Å². The monoisotopic (exact) mass is 507 g/mol. The molecular weight excluding hydrogens is 470 g/mol. The summed E-state index contributed by atoms with van der Waals surface area (Å²) in [5.41, 5.74) is 0.798. The SMILES string of the molecule is C#CN(C(=O)C(Cc1ccc(O)cc1)NC(=O)OC(C)(C)C)C(C(=O)NC(C)(C)C)c1ccc(C)cc1. The van der Waals surface area contributed by atoms with Gasteiger partial charge in [0.05, 0.1) is 0 Å². The van der Waals surface area contributed by atoms with Crippen molar-refractivity contribution in [1.82, 2.24) is 15.5 Å². The molecule has 0 saturated carbocycles. The maximum absolute atomic E-state index is 13.9. The van der Waals surface area contributed by atoms with Gasteiger partial charge in [-0.3, -0.25) is 14.5 Å². The van der Waals surface area contributed by atoms with E-state index in [0.717, 1.165) is 10.5 Å². The first-order valence-corrected chi connectivity index (χ1v) is 12.0. The Morgan fingerprint density at radius 3 is 2.05 bits per heavy atom. The van der Waals surface area contributed by atoms with Crippen LogP contribution in [0.5, 0.6) is 5.75 Å². The number of hydrogen-bond acceptors (Lipinski definition) is 5. The number of hydrogen-bond donors (Lipinski definition) is 3. The molecule has 3 N–H and O–H groups in total. The molecule has 2 unspecified atom stereocenters. The zero-order valence-corrected chi connectivity index (χ0v) is 22.6. The van der Waals surface area contributed by atoms with Crippen molar-refractivity contribution in [2.24, 2.45) is 0 Å². The fourth-order valence-corrected chi connectivity index (χ4v) is 3.56. The third kappa shape index (κ3) is 9.19. The van der Waals surface area contributed by atoms with E-state index >= 15 is 0 Å². The van der Waals surface area contributed by atoms with Gasteiger partial charge in [0.2, 0.25) is 5.91 Å². The van der Waals surface area contributed by atoms with Gasteiger partial charge in [-0.1, -0.05) is 48.4 Å². The number of phenols is 1. The number of terminal acetylenes is 1. The van der Waals surface area contributed by atoms with Crippen LogP contribution in [-0.2, 0) is 20.7 Å². The van der Waals surface area contributed by atoms with Gasteiger partial charge in [0.15, 0.2) is 0 Å². The Bertz CT molecular complexity index is 1140. The molecule has 2 atom stereocenters. The fourth-order valence-electron chi connectivity index (χ4n) is 3.56. The molecule has 0 bridgehead atoms. The van der Waals surface area contributed by atoms with Crippen molar-refractivity contribution in [2.45, 2.75) is 78.1 Å². The molecule has 2 aromatic rings. The molecule has 0 aliphatic heterocycles. The number of carbonyl (C=O) groups excluding carboxylic acids is 3. The minimum absolute atomic E-state index is 0.0536. The van der Waals surface area contributed by atoms with Gasteiger partial charge in [0, 0.05) is 18.0 Å². The molecule has 8 heteroatoms. The number of carbonyl (C=O) groups is 3. The molecule has 0 aliphatic rings. The highest BCUT2D eigenvalue weighted by Gasteiger charge is 2.37. The molecule has 8 nitrogen and oxygen atoms in total. The summed E-state index contributed by atoms with van der Waals surface area (Å²) in [6, 6.07) is 13.5. The van der Waals surface area contributed by atoms with Crippen LogP contribution >= 0.6 is 0 Å². The van der Waals surface area contributed by atoms with E-state index in [-0.39, 0.29) is 12.2 Å². The van der Waals surface area contributed by atoms with Crippen LogP contribution < -0.4 is 10.6 Å². The molecule has 0 heterocycles. The molecule has 37 heavy (non-hydrogen) atoms. The van der Waals surface area contributed by atoms with E-state index < -0.39 is 41.1 Å². The highest BCUT2D eigenvalue weighted by molar-refractivity contribution is 5.93. The van der Waals surface area contributed by atoms with Gasteiger partial charge in [0.25, 0.3) is 5.91 Å². The molecule has 0 aliphatic carbocycles. The van der Waals surface area contributed by atoms with Gasteiger partial charge in [-0.05, 0) is 71.7 Å². The number of aromatic hydroxyl groups is 1. The standard InChI is InChI=1S/C29H37N3O5/c1-9-32(24(25(34)31-28(3,4)5)21-14-10-19(2)11-15-21)26(35)23(30-27(36)37-29(6,7)8)18-20-12-16-22(33)17-13-20/h1,10-17,23-24,33H,18H2,2-8H3,(H,30,36)(H,31,34). The van der Waals surface area contributed by atoms with Crippen molar-refractivity contribution >= 4 is 17.9 Å². The molecule has 2 rings (SSSR count). The first kappa shape index (κ1) is 29.2. The lowest BCUT2D eigenvalue weighted by atomic mass is 9.99. The molecule has 198 valence electrons. The number of phenolic OH excluding ortho intramolecular Hbond substituents is 1. The lowest BCUT2D eigenvalue weighted by Crippen LogP contribution is -2.53. The number of aryl methyl sites for hydroxylation is 1. The summed E-state index contributed by atoms with van der Waals surface area (Å²) in [5.74, 6) is -1.05. The van der Waals surface area contributed by atoms with Crippen LogP contribution in [0.2, 0.25) is 0 Å². The zero-order chi connectivity index (χ0) is 28.0. The van der Waals surface area contributed by atoms with E-state index in [1.807, 2.05) is 39.8 Å². The molecule has 0 spiro atoms. The Morgan fingerprint density at radius 2 is 1.57 bits per heavy atom. The summed E-state index contributed by atoms with van der Waals surface area (Å²) in [6.45, 7) is 12.5. The Kier molecular flexibility index (Phi) is 9.35. The number of alkyl carbamates (subject to hydrolysis) is 1. The molecule has 0 aromatic heterocycles. The summed E-state index contributed by atoms with van der Waals surface area (Å²) in [5, 5.41) is 15.1. The quantitative estimate of drug-likeness (QED) is 0.384. The second-order valence-electron chi connectivity index (χ2n) is 11.0. The second kappa shape index (κ2) is 11.8. The summed E-state index contributed by atoms with van der Waals surface area (Å²) in [6.07, 6.45) is 5.08. The van der Waals surface area contributed by atoms with Gasteiger partial charge in [0.1, 0.15) is 23.4 Å². The largest absolute Gasteiger partial charge is 0.508 e. The van der Waals surface area contributed by atoms with Crippen molar-refractivity contribution < 1.29 is 24.2 Å². The molecule has 3 amide bonds. The predicted octanol–water partition coefficient (Wildman–Crippen LogP) is 4.21. The summed E-state index contributed by atoms with van der Waals surface area (Å²) in [7, 11) is 0. The number of amides is 3. The number of nitrogens with zero attached hydrogens (tertiary/aromatic N) is 1. The van der Waals surface area contributed by atoms with Crippen LogP contribution in [0.25, 0.3) is 0 Å². The van der Waals surface area contributed by atoms with E-state index in [9.17, 15) is 19.5 Å². The summed E-state index contributed by atoms with van der Waals surface area (Å²) >= 11 is 0. The lowest BCUT2D eigenvalue weighted by molar-refractivity contribution is -0.139. The molecule has 0 radical (unpaired) electrons. The highest BCUT2D eigenvalue weighted by atomic mass is 16.6. The molecular formula is C29H37N3O5. The van der Waals surface area contributed by atoms with Crippen molar-refractivity contribution in [1.29, 1.82) is 0 Å². The zero-order valence-electron chi connectivity index (χ0n) is 22.6. The lowest BCUT2D eigenvalue weighted by Gasteiger charge is -2.32. The first-order chi connectivity index (χ1) is 17.1. The maximum Gasteiger partial charge on any atom is 0.408 e. The van der Waals surface area contributed by atoms with Crippen molar-refractivity contribution in [3.63, 3.8) is 0 Å². The van der Waals surface area contributed by atoms with E-state index in [2.05, 4.69) is 16.7 Å². The Balaban J connectivity index is 2.50. The summed E-state index contributed by atoms with van der Waals surface area (Å²) < 4.78 is 5.37. The van der Waals surface area contributed by atoms with Crippen molar-refractivity contribution in [2.75, 3.05) is 0 Å². The normalized spacial score (nSPS) is 13.0. The van der Waals surface area contributed by atoms with Crippen LogP contribution in [-0.4, -0.2) is 45.1 Å². The first-order valence-electron chi connectivity index (χ1n) is 12.0. The highest BCUT2D eigenvalue weighted by Crippen LogP contribution is 2.24. The number of ether oxygens (including phenoxy) is 1. The topological polar surface area (TPSA) is 108 Å². The Morgan fingerprint density at radius 1 is 1.00 bits per heavy atom. The van der Waals surface area contributed by atoms with Crippen molar-refractivity contribution in [3.05, 3.63) is 65.2 Å². The second-order valence-corrected chi connectivity index (χ2v) is 11.0. The van der Waals surface area contributed by atoms with E-state index in [0.29, 0.717) is 11.1 Å². The molecule has 0 fully saturated rings. The minimum Gasteiger partial charge on any atom is -0.508 e. The third-order valence-electron chi connectivity index (χ3n) is 5.14. The smallest absolute Gasteiger partial charge is 0.408 e. The van der Waals surface area contributed by atoms with Gasteiger partial charge < -0.3 is 20.5 Å². The van der Waals surface area contributed by atoms with E-state index in [4.69, 9.17) is 11.2 Å².